The first-order valence-corrected chi connectivity index (χ1v) is 4.54. The van der Waals surface area contributed by atoms with E-state index in [2.05, 4.69) is 0 Å². The maximum Gasteiger partial charge on any atom is 0.228 e. The first kappa shape index (κ1) is 10.9. The van der Waals surface area contributed by atoms with Gasteiger partial charge in [-0.2, -0.15) is 0 Å². The highest BCUT2D eigenvalue weighted by molar-refractivity contribution is 6.00. The van der Waals surface area contributed by atoms with Crippen molar-refractivity contribution in [1.82, 2.24) is 0 Å². The maximum absolute atomic E-state index is 11.7. The number of ketones is 1. The lowest BCUT2D eigenvalue weighted by Crippen LogP contribution is -2.38. The van der Waals surface area contributed by atoms with Crippen LogP contribution >= 0.6 is 0 Å². The lowest BCUT2D eigenvalue weighted by Gasteiger charge is -2.21. The molecule has 0 aliphatic rings. The summed E-state index contributed by atoms with van der Waals surface area (Å²) in [5.41, 5.74) is 0.450. The number of hydrogen-bond acceptors (Lipinski definition) is 3. The predicted molar refractivity (Wildman–Crippen MR) is 53.0 cm³/mol. The smallest absolute Gasteiger partial charge is 0.228 e. The van der Waals surface area contributed by atoms with Crippen LogP contribution in [0.2, 0.25) is 0 Å². The number of benzene rings is 1. The monoisotopic (exact) mass is 194 g/mol. The minimum Gasteiger partial charge on any atom is -0.359 e. The highest BCUT2D eigenvalue weighted by atomic mass is 16.6. The van der Waals surface area contributed by atoms with Gasteiger partial charge in [-0.3, -0.25) is 4.79 Å². The molecule has 0 aliphatic carbocycles. The van der Waals surface area contributed by atoms with E-state index in [-0.39, 0.29) is 0 Å². The molecule has 1 aromatic rings. The van der Waals surface area contributed by atoms with Crippen LogP contribution in [0.3, 0.4) is 0 Å². The normalized spacial score (nSPS) is 14.8. The molecule has 3 heteroatoms. The molecule has 1 N–H and O–H groups in total. The largest absolute Gasteiger partial charge is 0.359 e. The van der Waals surface area contributed by atoms with Crippen molar-refractivity contribution in [2.45, 2.75) is 19.6 Å². The highest BCUT2D eigenvalue weighted by Gasteiger charge is 2.31. The van der Waals surface area contributed by atoms with Crippen LogP contribution in [0.15, 0.2) is 30.3 Å². The number of Topliss-reactive ketones (excluding diaryl/α,β-unsaturated/α-hetero) is 1. The summed E-state index contributed by atoms with van der Waals surface area (Å²) in [6, 6.07) is 8.60. The number of rotatable bonds is 4. The van der Waals surface area contributed by atoms with Crippen LogP contribution in [0.4, 0.5) is 0 Å². The van der Waals surface area contributed by atoms with Crippen molar-refractivity contribution in [3.05, 3.63) is 35.9 Å². The van der Waals surface area contributed by atoms with E-state index in [1.165, 1.54) is 6.92 Å². The Kier molecular flexibility index (Phi) is 3.38. The first-order chi connectivity index (χ1) is 6.58. The third-order valence-electron chi connectivity index (χ3n) is 1.88. The van der Waals surface area contributed by atoms with Gasteiger partial charge in [0.05, 0.1) is 0 Å². The second kappa shape index (κ2) is 4.35. The van der Waals surface area contributed by atoms with E-state index in [0.29, 0.717) is 12.2 Å². The number of ether oxygens (including phenoxy) is 1. The van der Waals surface area contributed by atoms with Crippen molar-refractivity contribution < 1.29 is 14.6 Å². The Hall–Kier alpha value is -1.19. The van der Waals surface area contributed by atoms with Gasteiger partial charge in [0.25, 0.3) is 0 Å². The van der Waals surface area contributed by atoms with Crippen molar-refractivity contribution in [2.24, 2.45) is 0 Å². The van der Waals surface area contributed by atoms with Gasteiger partial charge in [-0.1, -0.05) is 30.3 Å². The van der Waals surface area contributed by atoms with Gasteiger partial charge in [0.2, 0.25) is 11.6 Å². The van der Waals surface area contributed by atoms with E-state index in [4.69, 9.17) is 4.74 Å². The fourth-order valence-electron chi connectivity index (χ4n) is 1.20. The van der Waals surface area contributed by atoms with Crippen molar-refractivity contribution in [1.29, 1.82) is 0 Å². The van der Waals surface area contributed by atoms with E-state index in [9.17, 15) is 9.90 Å². The van der Waals surface area contributed by atoms with Gasteiger partial charge in [0, 0.05) is 12.2 Å². The Morgan fingerprint density at radius 1 is 1.43 bits per heavy atom. The molecule has 0 aliphatic heterocycles. The second-order valence-corrected chi connectivity index (χ2v) is 3.11. The molecule has 0 radical (unpaired) electrons. The Morgan fingerprint density at radius 3 is 2.50 bits per heavy atom. The van der Waals surface area contributed by atoms with Gasteiger partial charge in [0.1, 0.15) is 0 Å². The van der Waals surface area contributed by atoms with Crippen molar-refractivity contribution in [3.8, 4) is 0 Å². The average molecular weight is 194 g/mol. The first-order valence-electron chi connectivity index (χ1n) is 4.54. The van der Waals surface area contributed by atoms with E-state index < -0.39 is 11.6 Å². The minimum atomic E-state index is -1.73. The zero-order chi connectivity index (χ0) is 10.6. The Bertz CT molecular complexity index is 304. The lowest BCUT2D eigenvalue weighted by molar-refractivity contribution is -0.149. The van der Waals surface area contributed by atoms with Gasteiger partial charge >= 0.3 is 0 Å². The van der Waals surface area contributed by atoms with Gasteiger partial charge in [-0.25, -0.2) is 0 Å². The van der Waals surface area contributed by atoms with Crippen LogP contribution < -0.4 is 0 Å². The summed E-state index contributed by atoms with van der Waals surface area (Å²) in [5, 5.41) is 9.66. The van der Waals surface area contributed by atoms with Crippen molar-refractivity contribution in [3.63, 3.8) is 0 Å². The average Bonchev–Trinajstić information content (AvgIpc) is 2.18. The zero-order valence-corrected chi connectivity index (χ0v) is 8.36. The van der Waals surface area contributed by atoms with Gasteiger partial charge in [0.15, 0.2) is 0 Å². The van der Waals surface area contributed by atoms with Crippen LogP contribution in [0.5, 0.6) is 0 Å². The van der Waals surface area contributed by atoms with E-state index in [1.54, 1.807) is 31.2 Å². The Balaban J connectivity index is 2.85. The minimum absolute atomic E-state index is 0.297. The molecule has 3 nitrogen and oxygen atoms in total. The molecular formula is C11H14O3. The number of hydrogen-bond donors (Lipinski definition) is 1. The summed E-state index contributed by atoms with van der Waals surface area (Å²) in [5.74, 6) is -2.14. The van der Waals surface area contributed by atoms with E-state index >= 15 is 0 Å². The number of aliphatic hydroxyl groups is 1. The van der Waals surface area contributed by atoms with Crippen LogP contribution in [0.1, 0.15) is 24.2 Å². The molecule has 0 saturated heterocycles. The molecule has 0 spiro atoms. The number of carbonyl (C=O) groups excluding carboxylic acids is 1. The molecule has 76 valence electrons. The van der Waals surface area contributed by atoms with Crippen LogP contribution in [-0.2, 0) is 4.74 Å². The second-order valence-electron chi connectivity index (χ2n) is 3.11. The molecule has 1 unspecified atom stereocenters. The van der Waals surface area contributed by atoms with E-state index in [1.807, 2.05) is 6.07 Å². The lowest BCUT2D eigenvalue weighted by atomic mass is 10.1. The van der Waals surface area contributed by atoms with Crippen molar-refractivity contribution >= 4 is 5.78 Å². The Labute approximate surface area is 83.3 Å². The molecule has 1 atom stereocenters. The third-order valence-corrected chi connectivity index (χ3v) is 1.88. The van der Waals surface area contributed by atoms with Crippen LogP contribution in [0, 0.1) is 0 Å². The zero-order valence-electron chi connectivity index (χ0n) is 8.36. The Morgan fingerprint density at radius 2 is 2.00 bits per heavy atom. The molecule has 0 saturated carbocycles. The van der Waals surface area contributed by atoms with Crippen molar-refractivity contribution in [2.75, 3.05) is 6.61 Å². The summed E-state index contributed by atoms with van der Waals surface area (Å²) in [6.45, 7) is 3.38. The topological polar surface area (TPSA) is 46.5 Å². The third kappa shape index (κ3) is 2.40. The van der Waals surface area contributed by atoms with E-state index in [0.717, 1.165) is 0 Å². The SMILES string of the molecule is CCOC(C)(O)C(=O)c1ccccc1. The summed E-state index contributed by atoms with van der Waals surface area (Å²) in [4.78, 5) is 11.7. The fraction of sp³-hybridized carbons (Fsp3) is 0.364. The summed E-state index contributed by atoms with van der Waals surface area (Å²) in [7, 11) is 0. The molecule has 0 aromatic heterocycles. The highest BCUT2D eigenvalue weighted by Crippen LogP contribution is 2.14. The summed E-state index contributed by atoms with van der Waals surface area (Å²) < 4.78 is 4.95. The van der Waals surface area contributed by atoms with Gasteiger partial charge in [-0.05, 0) is 13.8 Å². The number of carbonyl (C=O) groups is 1. The molecule has 0 bridgehead atoms. The molecule has 0 amide bonds. The molecule has 14 heavy (non-hydrogen) atoms. The molecule has 1 aromatic carbocycles. The summed E-state index contributed by atoms with van der Waals surface area (Å²) >= 11 is 0. The molecular weight excluding hydrogens is 180 g/mol. The summed E-state index contributed by atoms with van der Waals surface area (Å²) in [6.07, 6.45) is 0. The maximum atomic E-state index is 11.7. The van der Waals surface area contributed by atoms with Gasteiger partial charge in [-0.15, -0.1) is 0 Å². The fourth-order valence-corrected chi connectivity index (χ4v) is 1.20. The molecule has 0 fully saturated rings. The standard InChI is InChI=1S/C11H14O3/c1-3-14-11(2,13)10(12)9-7-5-4-6-8-9/h4-8,13H,3H2,1-2H3. The van der Waals surface area contributed by atoms with Gasteiger partial charge < -0.3 is 9.84 Å². The predicted octanol–water partition coefficient (Wildman–Crippen LogP) is 1.61. The van der Waals surface area contributed by atoms with Crippen LogP contribution in [-0.4, -0.2) is 23.3 Å². The molecule has 1 rings (SSSR count). The molecule has 0 heterocycles. The van der Waals surface area contributed by atoms with Crippen LogP contribution in [0.25, 0.3) is 0 Å². The quantitative estimate of drug-likeness (QED) is 0.585.